The van der Waals surface area contributed by atoms with E-state index in [1.807, 2.05) is 19.2 Å². The Hall–Kier alpha value is -0.540. The van der Waals surface area contributed by atoms with Crippen LogP contribution in [-0.2, 0) is 0 Å². The molecule has 0 saturated carbocycles. The molecule has 0 saturated heterocycles. The summed E-state index contributed by atoms with van der Waals surface area (Å²) >= 11 is 1.77. The van der Waals surface area contributed by atoms with Gasteiger partial charge in [-0.15, -0.1) is 11.8 Å². The first kappa shape index (κ1) is 13.5. The predicted molar refractivity (Wildman–Crippen MR) is 69.4 cm³/mol. The smallest absolute Gasteiger partial charge is 0.123 e. The van der Waals surface area contributed by atoms with Crippen LogP contribution < -0.4 is 5.32 Å². The quantitative estimate of drug-likeness (QED) is 0.764. The van der Waals surface area contributed by atoms with Gasteiger partial charge in [0.15, 0.2) is 0 Å². The lowest BCUT2D eigenvalue weighted by Crippen LogP contribution is -2.29. The maximum atomic E-state index is 12.7. The van der Waals surface area contributed by atoms with Crippen molar-refractivity contribution in [1.82, 2.24) is 5.32 Å². The maximum absolute atomic E-state index is 12.7. The third-order valence-corrected chi connectivity index (χ3v) is 3.60. The minimum absolute atomic E-state index is 0.170. The number of rotatable bonds is 6. The van der Waals surface area contributed by atoms with E-state index in [1.54, 1.807) is 11.8 Å². The van der Waals surface area contributed by atoms with E-state index >= 15 is 0 Å². The van der Waals surface area contributed by atoms with Gasteiger partial charge in [-0.25, -0.2) is 4.39 Å². The maximum Gasteiger partial charge on any atom is 0.123 e. The molecular formula is C13H20FNS. The summed E-state index contributed by atoms with van der Waals surface area (Å²) < 4.78 is 12.7. The van der Waals surface area contributed by atoms with Crippen molar-refractivity contribution >= 4 is 11.8 Å². The Morgan fingerprint density at radius 3 is 2.38 bits per heavy atom. The van der Waals surface area contributed by atoms with Crippen molar-refractivity contribution in [2.45, 2.75) is 31.2 Å². The first-order chi connectivity index (χ1) is 7.61. The summed E-state index contributed by atoms with van der Waals surface area (Å²) in [6, 6.07) is 7.22. The zero-order chi connectivity index (χ0) is 12.0. The highest BCUT2D eigenvalue weighted by atomic mass is 32.2. The molecule has 1 unspecified atom stereocenters. The van der Waals surface area contributed by atoms with E-state index in [4.69, 9.17) is 0 Å². The van der Waals surface area contributed by atoms with Gasteiger partial charge < -0.3 is 5.32 Å². The highest BCUT2D eigenvalue weighted by molar-refractivity contribution is 7.99. The summed E-state index contributed by atoms with van der Waals surface area (Å²) in [4.78, 5) is 1.13. The predicted octanol–water partition coefficient (Wildman–Crippen LogP) is 3.55. The Kier molecular flexibility index (Phi) is 5.85. The lowest BCUT2D eigenvalue weighted by Gasteiger charge is -2.17. The highest BCUT2D eigenvalue weighted by Crippen LogP contribution is 2.20. The third-order valence-electron chi connectivity index (χ3n) is 2.43. The number of benzene rings is 1. The van der Waals surface area contributed by atoms with Gasteiger partial charge in [0.2, 0.25) is 0 Å². The summed E-state index contributed by atoms with van der Waals surface area (Å²) in [5.41, 5.74) is 0. The molecule has 1 N–H and O–H groups in total. The van der Waals surface area contributed by atoms with Crippen LogP contribution >= 0.6 is 11.8 Å². The minimum atomic E-state index is -0.170. The van der Waals surface area contributed by atoms with Crippen LogP contribution in [0.2, 0.25) is 0 Å². The summed E-state index contributed by atoms with van der Waals surface area (Å²) in [6.07, 6.45) is 1.17. The number of hydrogen-bond acceptors (Lipinski definition) is 2. The SMILES string of the molecule is CNC(CSc1ccc(F)cc1)CC(C)C. The normalized spacial score (nSPS) is 13.1. The van der Waals surface area contributed by atoms with Gasteiger partial charge in [0.25, 0.3) is 0 Å². The molecule has 16 heavy (non-hydrogen) atoms. The lowest BCUT2D eigenvalue weighted by molar-refractivity contribution is 0.474. The van der Waals surface area contributed by atoms with Crippen LogP contribution in [0.15, 0.2) is 29.2 Å². The average molecular weight is 241 g/mol. The summed E-state index contributed by atoms with van der Waals surface area (Å²) in [6.45, 7) is 4.46. The van der Waals surface area contributed by atoms with E-state index in [0.29, 0.717) is 12.0 Å². The van der Waals surface area contributed by atoms with Crippen molar-refractivity contribution in [3.63, 3.8) is 0 Å². The molecule has 0 bridgehead atoms. The Labute approximate surface area is 102 Å². The van der Waals surface area contributed by atoms with Crippen LogP contribution in [0.3, 0.4) is 0 Å². The number of thioether (sulfide) groups is 1. The first-order valence-electron chi connectivity index (χ1n) is 5.67. The van der Waals surface area contributed by atoms with E-state index in [-0.39, 0.29) is 5.82 Å². The van der Waals surface area contributed by atoms with Gasteiger partial charge in [-0.3, -0.25) is 0 Å². The van der Waals surface area contributed by atoms with Crippen molar-refractivity contribution in [1.29, 1.82) is 0 Å². The number of nitrogens with one attached hydrogen (secondary N) is 1. The molecule has 1 aromatic rings. The van der Waals surface area contributed by atoms with Gasteiger partial charge in [0, 0.05) is 16.7 Å². The second-order valence-electron chi connectivity index (χ2n) is 4.38. The van der Waals surface area contributed by atoms with E-state index < -0.39 is 0 Å². The molecule has 0 aromatic heterocycles. The molecule has 0 spiro atoms. The van der Waals surface area contributed by atoms with Crippen molar-refractivity contribution in [2.24, 2.45) is 5.92 Å². The molecule has 0 aliphatic rings. The fourth-order valence-corrected chi connectivity index (χ4v) is 2.59. The molecule has 0 heterocycles. The Morgan fingerprint density at radius 2 is 1.88 bits per heavy atom. The third kappa shape index (κ3) is 4.99. The summed E-state index contributed by atoms with van der Waals surface area (Å²) in [5.74, 6) is 1.56. The highest BCUT2D eigenvalue weighted by Gasteiger charge is 2.08. The van der Waals surface area contributed by atoms with Gasteiger partial charge in [0.05, 0.1) is 0 Å². The molecule has 3 heteroatoms. The molecule has 1 aromatic carbocycles. The van der Waals surface area contributed by atoms with Crippen molar-refractivity contribution in [2.75, 3.05) is 12.8 Å². The second-order valence-corrected chi connectivity index (χ2v) is 5.47. The van der Waals surface area contributed by atoms with E-state index in [0.717, 1.165) is 10.6 Å². The lowest BCUT2D eigenvalue weighted by atomic mass is 10.1. The molecule has 1 atom stereocenters. The van der Waals surface area contributed by atoms with Crippen LogP contribution in [0.1, 0.15) is 20.3 Å². The van der Waals surface area contributed by atoms with Gasteiger partial charge >= 0.3 is 0 Å². The second kappa shape index (κ2) is 6.92. The molecule has 0 fully saturated rings. The van der Waals surface area contributed by atoms with Gasteiger partial charge in [0.1, 0.15) is 5.82 Å². The van der Waals surface area contributed by atoms with Crippen LogP contribution in [0.5, 0.6) is 0 Å². The van der Waals surface area contributed by atoms with E-state index in [9.17, 15) is 4.39 Å². The fraction of sp³-hybridized carbons (Fsp3) is 0.538. The fourth-order valence-electron chi connectivity index (χ4n) is 1.57. The van der Waals surface area contributed by atoms with Crippen molar-refractivity contribution in [3.05, 3.63) is 30.1 Å². The molecule has 0 aliphatic carbocycles. The van der Waals surface area contributed by atoms with Crippen molar-refractivity contribution in [3.8, 4) is 0 Å². The first-order valence-corrected chi connectivity index (χ1v) is 6.66. The Morgan fingerprint density at radius 1 is 1.25 bits per heavy atom. The summed E-state index contributed by atoms with van der Waals surface area (Å²) in [5, 5.41) is 3.32. The monoisotopic (exact) mass is 241 g/mol. The topological polar surface area (TPSA) is 12.0 Å². The van der Waals surface area contributed by atoms with Gasteiger partial charge in [-0.05, 0) is 43.7 Å². The Bertz CT molecular complexity index is 297. The van der Waals surface area contributed by atoms with E-state index in [1.165, 1.54) is 18.6 Å². The van der Waals surface area contributed by atoms with E-state index in [2.05, 4.69) is 19.2 Å². The minimum Gasteiger partial charge on any atom is -0.316 e. The van der Waals surface area contributed by atoms with Crippen LogP contribution in [0, 0.1) is 11.7 Å². The molecule has 0 aliphatic heterocycles. The molecule has 90 valence electrons. The zero-order valence-electron chi connectivity index (χ0n) is 10.2. The zero-order valence-corrected chi connectivity index (χ0v) is 11.0. The molecular weight excluding hydrogens is 221 g/mol. The van der Waals surface area contributed by atoms with Crippen LogP contribution in [-0.4, -0.2) is 18.8 Å². The van der Waals surface area contributed by atoms with Gasteiger partial charge in [-0.1, -0.05) is 13.8 Å². The largest absolute Gasteiger partial charge is 0.316 e. The standard InChI is InChI=1S/C13H20FNS/c1-10(2)8-12(15-3)9-16-13-6-4-11(14)5-7-13/h4-7,10,12,15H,8-9H2,1-3H3. The van der Waals surface area contributed by atoms with Gasteiger partial charge in [-0.2, -0.15) is 0 Å². The average Bonchev–Trinajstić information content (AvgIpc) is 2.26. The van der Waals surface area contributed by atoms with Crippen LogP contribution in [0.25, 0.3) is 0 Å². The molecule has 0 radical (unpaired) electrons. The molecule has 1 rings (SSSR count). The van der Waals surface area contributed by atoms with Crippen molar-refractivity contribution < 1.29 is 4.39 Å². The number of hydrogen-bond donors (Lipinski definition) is 1. The molecule has 1 nitrogen and oxygen atoms in total. The van der Waals surface area contributed by atoms with Crippen LogP contribution in [0.4, 0.5) is 4.39 Å². The number of halogens is 1. The molecule has 0 amide bonds. The Balaban J connectivity index is 2.40. The summed E-state index contributed by atoms with van der Waals surface area (Å²) in [7, 11) is 2.00.